The Morgan fingerprint density at radius 2 is 0.920 bits per heavy atom. The van der Waals surface area contributed by atoms with Crippen LogP contribution in [0.25, 0.3) is 65.3 Å². The van der Waals surface area contributed by atoms with Crippen molar-refractivity contribution in [1.82, 2.24) is 5.32 Å². The van der Waals surface area contributed by atoms with Crippen molar-refractivity contribution in [3.05, 3.63) is 199 Å². The molecule has 2 nitrogen and oxygen atoms in total. The molecule has 2 atom stereocenters. The summed E-state index contributed by atoms with van der Waals surface area (Å²) >= 11 is 0. The Morgan fingerprint density at radius 3 is 1.64 bits per heavy atom. The summed E-state index contributed by atoms with van der Waals surface area (Å²) < 4.78 is 0. The molecule has 0 saturated carbocycles. The molecule has 0 radical (unpaired) electrons. The van der Waals surface area contributed by atoms with Gasteiger partial charge in [0, 0.05) is 5.69 Å². The Labute approximate surface area is 291 Å². The first kappa shape index (κ1) is 28.8. The van der Waals surface area contributed by atoms with Crippen LogP contribution in [0.3, 0.4) is 0 Å². The van der Waals surface area contributed by atoms with Crippen molar-refractivity contribution in [3.63, 3.8) is 0 Å². The molecule has 2 unspecified atom stereocenters. The van der Waals surface area contributed by atoms with Crippen LogP contribution in [0, 0.1) is 0 Å². The van der Waals surface area contributed by atoms with Crippen molar-refractivity contribution in [2.24, 2.45) is 0 Å². The number of hydrogen-bond acceptors (Lipinski definition) is 2. The van der Waals surface area contributed by atoms with E-state index in [0.29, 0.717) is 0 Å². The minimum absolute atomic E-state index is 0.0578. The second-order valence-corrected chi connectivity index (χ2v) is 13.3. The topological polar surface area (TPSA) is 15.3 Å². The van der Waals surface area contributed by atoms with E-state index in [0.717, 1.165) is 0 Å². The van der Waals surface area contributed by atoms with Crippen LogP contribution in [-0.4, -0.2) is 0 Å². The van der Waals surface area contributed by atoms with Crippen molar-refractivity contribution in [2.45, 2.75) is 12.3 Å². The zero-order valence-electron chi connectivity index (χ0n) is 27.5. The van der Waals surface area contributed by atoms with E-state index in [2.05, 4.69) is 198 Å². The molecule has 1 fully saturated rings. The van der Waals surface area contributed by atoms with Crippen LogP contribution in [0.4, 0.5) is 5.69 Å². The first-order valence-corrected chi connectivity index (χ1v) is 17.4. The summed E-state index contributed by atoms with van der Waals surface area (Å²) in [5, 5.41) is 14.2. The lowest BCUT2D eigenvalue weighted by molar-refractivity contribution is 0.276. The van der Waals surface area contributed by atoms with Gasteiger partial charge in [0.15, 0.2) is 0 Å². The average molecular weight is 639 g/mol. The summed E-state index contributed by atoms with van der Waals surface area (Å²) in [4.78, 5) is 2.50. The highest BCUT2D eigenvalue weighted by Gasteiger charge is 2.39. The molecule has 0 aliphatic carbocycles. The molecule has 1 aliphatic rings. The molecule has 1 aliphatic heterocycles. The monoisotopic (exact) mass is 638 g/mol. The summed E-state index contributed by atoms with van der Waals surface area (Å²) in [6.45, 7) is 0. The Kier molecular flexibility index (Phi) is 6.75. The lowest BCUT2D eigenvalue weighted by Crippen LogP contribution is -2.57. The molecule has 0 bridgehead atoms. The Balaban J connectivity index is 1.01. The van der Waals surface area contributed by atoms with Crippen LogP contribution in [0.2, 0.25) is 0 Å². The fourth-order valence-electron chi connectivity index (χ4n) is 8.07. The first-order valence-electron chi connectivity index (χ1n) is 17.4. The molecule has 9 aromatic rings. The standard InChI is InChI=1S/C48H34N2/c1-2-15-39(16-3-1)50-47(36-25-21-34(22-26-36)41-20-10-14-32-11-4-7-17-40(32)41)49-48(50)37-27-23-35(24-28-37)46-43-19-9-6-13-38(43)31-45-42-18-8-5-12-33(42)29-30-44(45)46/h1-31,47-49H. The highest BCUT2D eigenvalue weighted by Crippen LogP contribution is 2.44. The minimum Gasteiger partial charge on any atom is -0.332 e. The van der Waals surface area contributed by atoms with Crippen molar-refractivity contribution < 1.29 is 0 Å². The molecule has 0 spiro atoms. The second-order valence-electron chi connectivity index (χ2n) is 13.3. The highest BCUT2D eigenvalue weighted by molar-refractivity contribution is 6.20. The van der Waals surface area contributed by atoms with Gasteiger partial charge in [-0.15, -0.1) is 0 Å². The molecule has 2 heteroatoms. The van der Waals surface area contributed by atoms with Crippen LogP contribution in [-0.2, 0) is 0 Å². The van der Waals surface area contributed by atoms with E-state index >= 15 is 0 Å². The largest absolute Gasteiger partial charge is 0.332 e. The third-order valence-corrected chi connectivity index (χ3v) is 10.5. The quantitative estimate of drug-likeness (QED) is 0.149. The van der Waals surface area contributed by atoms with Gasteiger partial charge < -0.3 is 4.90 Å². The third-order valence-electron chi connectivity index (χ3n) is 10.5. The maximum absolute atomic E-state index is 3.91. The van der Waals surface area contributed by atoms with Crippen molar-refractivity contribution in [3.8, 4) is 22.3 Å². The smallest absolute Gasteiger partial charge is 0.109 e. The van der Waals surface area contributed by atoms with Crippen LogP contribution >= 0.6 is 0 Å². The zero-order valence-corrected chi connectivity index (χ0v) is 27.5. The van der Waals surface area contributed by atoms with Gasteiger partial charge in [-0.2, -0.15) is 0 Å². The number of benzene rings is 9. The normalized spacial score (nSPS) is 15.9. The lowest BCUT2D eigenvalue weighted by Gasteiger charge is -2.52. The van der Waals surface area contributed by atoms with Crippen LogP contribution in [0.5, 0.6) is 0 Å². The molecule has 1 heterocycles. The van der Waals surface area contributed by atoms with Crippen LogP contribution in [0.1, 0.15) is 23.5 Å². The van der Waals surface area contributed by atoms with Gasteiger partial charge in [-0.25, -0.2) is 0 Å². The van der Waals surface area contributed by atoms with E-state index in [4.69, 9.17) is 0 Å². The third kappa shape index (κ3) is 4.69. The molecule has 1 N–H and O–H groups in total. The number of para-hydroxylation sites is 1. The van der Waals surface area contributed by atoms with Gasteiger partial charge >= 0.3 is 0 Å². The summed E-state index contributed by atoms with van der Waals surface area (Å²) in [6.07, 6.45) is 0.126. The zero-order chi connectivity index (χ0) is 33.0. The van der Waals surface area contributed by atoms with Crippen LogP contribution in [0.15, 0.2) is 188 Å². The molecule has 236 valence electrons. The molecule has 0 amide bonds. The van der Waals surface area contributed by atoms with Gasteiger partial charge in [0.25, 0.3) is 0 Å². The van der Waals surface area contributed by atoms with E-state index in [1.165, 1.54) is 82.2 Å². The molecule has 0 aromatic heterocycles. The van der Waals surface area contributed by atoms with Crippen molar-refractivity contribution >= 4 is 48.8 Å². The fourth-order valence-corrected chi connectivity index (χ4v) is 8.07. The van der Waals surface area contributed by atoms with E-state index in [1.807, 2.05) is 0 Å². The predicted octanol–water partition coefficient (Wildman–Crippen LogP) is 12.4. The summed E-state index contributed by atoms with van der Waals surface area (Å²) in [6, 6.07) is 68.7. The van der Waals surface area contributed by atoms with Crippen molar-refractivity contribution in [2.75, 3.05) is 4.90 Å². The van der Waals surface area contributed by atoms with Gasteiger partial charge in [0.1, 0.15) is 12.3 Å². The van der Waals surface area contributed by atoms with E-state index in [-0.39, 0.29) is 12.3 Å². The van der Waals surface area contributed by atoms with Gasteiger partial charge in [0.05, 0.1) is 0 Å². The average Bonchev–Trinajstić information content (AvgIpc) is 3.17. The van der Waals surface area contributed by atoms with Gasteiger partial charge in [-0.3, -0.25) is 5.32 Å². The summed E-state index contributed by atoms with van der Waals surface area (Å²) in [5.41, 5.74) is 8.73. The number of anilines is 1. The SMILES string of the molecule is c1ccc(N2C(c3ccc(-c4cccc5ccccc45)cc3)NC2c2ccc(-c3c4ccccc4cc4c3ccc3ccccc34)cc2)cc1. The minimum atomic E-state index is 0.0578. The van der Waals surface area contributed by atoms with Crippen molar-refractivity contribution in [1.29, 1.82) is 0 Å². The Hall–Kier alpha value is -6.22. The maximum Gasteiger partial charge on any atom is 0.109 e. The number of hydrogen-bond donors (Lipinski definition) is 1. The maximum atomic E-state index is 3.91. The van der Waals surface area contributed by atoms with Gasteiger partial charge in [0.2, 0.25) is 0 Å². The van der Waals surface area contributed by atoms with Crippen LogP contribution < -0.4 is 10.2 Å². The van der Waals surface area contributed by atoms with E-state index in [9.17, 15) is 0 Å². The molecular weight excluding hydrogens is 605 g/mol. The lowest BCUT2D eigenvalue weighted by atomic mass is 9.89. The fraction of sp³-hybridized carbons (Fsp3) is 0.0417. The van der Waals surface area contributed by atoms with E-state index < -0.39 is 0 Å². The molecule has 10 rings (SSSR count). The molecule has 9 aromatic carbocycles. The number of nitrogens with one attached hydrogen (secondary N) is 1. The number of fused-ring (bicyclic) bond motifs is 5. The van der Waals surface area contributed by atoms with E-state index in [1.54, 1.807) is 0 Å². The molecular formula is C48H34N2. The van der Waals surface area contributed by atoms with Gasteiger partial charge in [-0.1, -0.05) is 170 Å². The summed E-state index contributed by atoms with van der Waals surface area (Å²) in [5.74, 6) is 0. The second kappa shape index (κ2) is 11.7. The Bertz CT molecular complexity index is 2670. The predicted molar refractivity (Wildman–Crippen MR) is 211 cm³/mol. The molecule has 50 heavy (non-hydrogen) atoms. The molecule has 1 saturated heterocycles. The van der Waals surface area contributed by atoms with Gasteiger partial charge in [-0.05, 0) is 94.7 Å². The number of rotatable bonds is 5. The first-order chi connectivity index (χ1) is 24.8. The Morgan fingerprint density at radius 1 is 0.360 bits per heavy atom. The highest BCUT2D eigenvalue weighted by atomic mass is 15.5. The summed E-state index contributed by atoms with van der Waals surface area (Å²) in [7, 11) is 0. The number of nitrogens with zero attached hydrogens (tertiary/aromatic N) is 1.